The van der Waals surface area contributed by atoms with Crippen molar-refractivity contribution in [3.05, 3.63) is 0 Å². The van der Waals surface area contributed by atoms with Gasteiger partial charge in [0.05, 0.1) is 38.7 Å². The van der Waals surface area contributed by atoms with E-state index in [0.29, 0.717) is 12.5 Å². The van der Waals surface area contributed by atoms with Gasteiger partial charge in [0.25, 0.3) is 0 Å². The van der Waals surface area contributed by atoms with E-state index in [2.05, 4.69) is 12.4 Å². The third-order valence-electron chi connectivity index (χ3n) is 6.12. The minimum Gasteiger partial charge on any atom is -1.00 e. The van der Waals surface area contributed by atoms with Gasteiger partial charge in [-0.05, 0) is 51.6 Å². The Morgan fingerprint density at radius 2 is 1.82 bits per heavy atom. The first-order chi connectivity index (χ1) is 10.2. The number of quaternary nitrogens is 1. The summed E-state index contributed by atoms with van der Waals surface area (Å²) in [5, 5.41) is 3.31. The normalized spacial score (nSPS) is 36.0. The molecule has 128 valence electrons. The lowest BCUT2D eigenvalue weighted by molar-refractivity contribution is -0.947. The van der Waals surface area contributed by atoms with Gasteiger partial charge >= 0.3 is 5.97 Å². The molecular formula is C17H31IN2O2. The summed E-state index contributed by atoms with van der Waals surface area (Å²) in [4.78, 5) is 12.2. The number of fused-ring (bicyclic) bond motifs is 1. The highest BCUT2D eigenvalue weighted by Gasteiger charge is 2.44. The SMILES string of the molecule is C[N+]12CCCCC1C(COC(=O)C1CCNCC1)CCC2.[I-]. The second kappa shape index (κ2) is 8.29. The molecule has 0 aliphatic carbocycles. The molecule has 0 aromatic rings. The smallest absolute Gasteiger partial charge is 0.309 e. The molecule has 3 aliphatic rings. The number of hydrogen-bond donors (Lipinski definition) is 1. The van der Waals surface area contributed by atoms with E-state index in [1.54, 1.807) is 0 Å². The number of carbonyl (C=O) groups excluding carboxylic acids is 1. The fraction of sp³-hybridized carbons (Fsp3) is 0.941. The predicted octanol–water partition coefficient (Wildman–Crippen LogP) is -1.06. The van der Waals surface area contributed by atoms with Crippen molar-refractivity contribution in [3.8, 4) is 0 Å². The van der Waals surface area contributed by atoms with Crippen LogP contribution in [0.4, 0.5) is 0 Å². The Kier molecular flexibility index (Phi) is 6.95. The van der Waals surface area contributed by atoms with Crippen LogP contribution in [-0.4, -0.2) is 56.3 Å². The van der Waals surface area contributed by atoms with Crippen LogP contribution in [0.3, 0.4) is 0 Å². The van der Waals surface area contributed by atoms with Crippen LogP contribution in [0.5, 0.6) is 0 Å². The summed E-state index contributed by atoms with van der Waals surface area (Å²) in [5.41, 5.74) is 0. The maximum absolute atomic E-state index is 12.2. The van der Waals surface area contributed by atoms with E-state index in [1.165, 1.54) is 49.7 Å². The van der Waals surface area contributed by atoms with Gasteiger partial charge in [-0.25, -0.2) is 0 Å². The van der Waals surface area contributed by atoms with Crippen molar-refractivity contribution < 1.29 is 38.0 Å². The molecule has 0 aromatic heterocycles. The van der Waals surface area contributed by atoms with Gasteiger partial charge in [0.2, 0.25) is 0 Å². The van der Waals surface area contributed by atoms with E-state index < -0.39 is 0 Å². The molecule has 3 unspecified atom stereocenters. The second-order valence-corrected chi connectivity index (χ2v) is 7.55. The maximum Gasteiger partial charge on any atom is 0.309 e. The molecule has 3 rings (SSSR count). The molecule has 5 heteroatoms. The van der Waals surface area contributed by atoms with Crippen LogP contribution >= 0.6 is 0 Å². The van der Waals surface area contributed by atoms with Crippen LogP contribution in [0.1, 0.15) is 44.9 Å². The first-order valence-electron chi connectivity index (χ1n) is 8.91. The van der Waals surface area contributed by atoms with E-state index in [-0.39, 0.29) is 35.9 Å². The number of hydrogen-bond acceptors (Lipinski definition) is 3. The number of nitrogens with one attached hydrogen (secondary N) is 1. The second-order valence-electron chi connectivity index (χ2n) is 7.55. The Morgan fingerprint density at radius 1 is 1.09 bits per heavy atom. The molecule has 0 bridgehead atoms. The number of rotatable bonds is 3. The Morgan fingerprint density at radius 3 is 2.59 bits per heavy atom. The van der Waals surface area contributed by atoms with E-state index in [9.17, 15) is 4.79 Å². The molecule has 1 N–H and O–H groups in total. The molecular weight excluding hydrogens is 391 g/mol. The fourth-order valence-corrected chi connectivity index (χ4v) is 4.79. The molecule has 0 saturated carbocycles. The summed E-state index contributed by atoms with van der Waals surface area (Å²) in [6, 6.07) is 0.730. The number of esters is 1. The monoisotopic (exact) mass is 422 g/mol. The summed E-state index contributed by atoms with van der Waals surface area (Å²) >= 11 is 0. The lowest BCUT2D eigenvalue weighted by Crippen LogP contribution is -3.00. The highest BCUT2D eigenvalue weighted by Crippen LogP contribution is 2.36. The summed E-state index contributed by atoms with van der Waals surface area (Å²) in [5.74, 6) is 0.795. The Bertz CT molecular complexity index is 370. The van der Waals surface area contributed by atoms with Crippen LogP contribution in [0, 0.1) is 11.8 Å². The van der Waals surface area contributed by atoms with Gasteiger partial charge < -0.3 is 38.5 Å². The lowest BCUT2D eigenvalue weighted by Gasteiger charge is -2.51. The molecule has 0 spiro atoms. The van der Waals surface area contributed by atoms with Crippen molar-refractivity contribution in [2.75, 3.05) is 39.8 Å². The molecule has 0 radical (unpaired) electrons. The zero-order chi connectivity index (χ0) is 14.7. The van der Waals surface area contributed by atoms with E-state index in [0.717, 1.165) is 32.0 Å². The van der Waals surface area contributed by atoms with Gasteiger partial charge in [-0.1, -0.05) is 0 Å². The molecule has 3 saturated heterocycles. The van der Waals surface area contributed by atoms with Crippen molar-refractivity contribution in [3.63, 3.8) is 0 Å². The predicted molar refractivity (Wildman–Crippen MR) is 82.8 cm³/mol. The Labute approximate surface area is 151 Å². The molecule has 0 amide bonds. The van der Waals surface area contributed by atoms with Gasteiger partial charge in [-0.15, -0.1) is 0 Å². The number of nitrogens with zero attached hydrogens (tertiary/aromatic N) is 1. The summed E-state index contributed by atoms with van der Waals surface area (Å²) < 4.78 is 6.97. The van der Waals surface area contributed by atoms with Crippen molar-refractivity contribution in [2.45, 2.75) is 51.0 Å². The number of halogens is 1. The highest BCUT2D eigenvalue weighted by molar-refractivity contribution is 5.72. The van der Waals surface area contributed by atoms with Crippen LogP contribution in [0.15, 0.2) is 0 Å². The average Bonchev–Trinajstić information content (AvgIpc) is 2.52. The quantitative estimate of drug-likeness (QED) is 0.358. The Hall–Kier alpha value is 0.120. The van der Waals surface area contributed by atoms with Gasteiger partial charge in [0, 0.05) is 12.3 Å². The molecule has 3 fully saturated rings. The van der Waals surface area contributed by atoms with Crippen molar-refractivity contribution >= 4 is 5.97 Å². The number of piperidine rings is 3. The maximum atomic E-state index is 12.2. The average molecular weight is 422 g/mol. The summed E-state index contributed by atoms with van der Waals surface area (Å²) in [7, 11) is 2.42. The molecule has 0 aromatic carbocycles. The highest BCUT2D eigenvalue weighted by atomic mass is 127. The van der Waals surface area contributed by atoms with Crippen LogP contribution in [0.2, 0.25) is 0 Å². The summed E-state index contributed by atoms with van der Waals surface area (Å²) in [6.45, 7) is 5.23. The largest absolute Gasteiger partial charge is 1.00 e. The zero-order valence-corrected chi connectivity index (χ0v) is 16.0. The third kappa shape index (κ3) is 4.15. The van der Waals surface area contributed by atoms with Crippen LogP contribution in [-0.2, 0) is 9.53 Å². The van der Waals surface area contributed by atoms with Gasteiger partial charge in [0.15, 0.2) is 0 Å². The molecule has 3 heterocycles. The zero-order valence-electron chi connectivity index (χ0n) is 13.9. The van der Waals surface area contributed by atoms with Crippen molar-refractivity contribution in [1.29, 1.82) is 0 Å². The first kappa shape index (κ1) is 18.5. The minimum absolute atomic E-state index is 0. The third-order valence-corrected chi connectivity index (χ3v) is 6.12. The topological polar surface area (TPSA) is 38.3 Å². The van der Waals surface area contributed by atoms with Gasteiger partial charge in [0.1, 0.15) is 0 Å². The molecule has 3 aliphatic heterocycles. The standard InChI is InChI=1S/C17H31N2O2.HI/c1-19-11-3-2-6-16(19)15(5-4-12-19)13-21-17(20)14-7-9-18-10-8-14;/h14-16,18H,2-13H2,1H3;1H/q+1;/p-1. The van der Waals surface area contributed by atoms with Crippen molar-refractivity contribution in [2.24, 2.45) is 11.8 Å². The molecule has 3 atom stereocenters. The van der Waals surface area contributed by atoms with Crippen LogP contribution in [0.25, 0.3) is 0 Å². The molecule has 4 nitrogen and oxygen atoms in total. The fourth-order valence-electron chi connectivity index (χ4n) is 4.79. The minimum atomic E-state index is 0. The van der Waals surface area contributed by atoms with E-state index >= 15 is 0 Å². The van der Waals surface area contributed by atoms with E-state index in [1.807, 2.05) is 0 Å². The first-order valence-corrected chi connectivity index (χ1v) is 8.91. The Balaban J connectivity index is 0.00000176. The van der Waals surface area contributed by atoms with Crippen molar-refractivity contribution in [1.82, 2.24) is 5.32 Å². The summed E-state index contributed by atoms with van der Waals surface area (Å²) in [6.07, 6.45) is 8.49. The van der Waals surface area contributed by atoms with Gasteiger partial charge in [-0.2, -0.15) is 0 Å². The van der Waals surface area contributed by atoms with E-state index in [4.69, 9.17) is 4.74 Å². The van der Waals surface area contributed by atoms with Crippen LogP contribution < -0.4 is 29.3 Å². The van der Waals surface area contributed by atoms with Gasteiger partial charge in [-0.3, -0.25) is 4.79 Å². The molecule has 22 heavy (non-hydrogen) atoms. The number of ether oxygens (including phenoxy) is 1. The lowest BCUT2D eigenvalue weighted by atomic mass is 9.82. The number of carbonyl (C=O) groups is 1.